The maximum atomic E-state index is 16.5. The van der Waals surface area contributed by atoms with E-state index in [2.05, 4.69) is 48.6 Å². The van der Waals surface area contributed by atoms with Gasteiger partial charge in [-0.15, -0.1) is 0 Å². The minimum Gasteiger partial charge on any atom is -0.370 e. The van der Waals surface area contributed by atoms with Crippen LogP contribution >= 0.6 is 0 Å². The van der Waals surface area contributed by atoms with Crippen LogP contribution < -0.4 is 29.7 Å². The van der Waals surface area contributed by atoms with Crippen molar-refractivity contribution in [2.45, 2.75) is 78.0 Å². The highest BCUT2D eigenvalue weighted by molar-refractivity contribution is 7.88. The number of nitrogens with zero attached hydrogens (tertiary/aromatic N) is 1. The monoisotopic (exact) mass is 636 g/mol. The van der Waals surface area contributed by atoms with Crippen molar-refractivity contribution in [1.29, 1.82) is 0 Å². The van der Waals surface area contributed by atoms with Crippen molar-refractivity contribution in [2.75, 3.05) is 6.54 Å². The van der Waals surface area contributed by atoms with Gasteiger partial charge in [-0.05, 0) is 90.5 Å². The zero-order valence-electron chi connectivity index (χ0n) is 25.4. The molecular formula is C32H35F5NO3SSi+. The molecule has 3 aromatic carbocycles. The van der Waals surface area contributed by atoms with Crippen LogP contribution in [0.2, 0.25) is 13.1 Å². The summed E-state index contributed by atoms with van der Waals surface area (Å²) in [5.74, 6) is -4.32. The summed E-state index contributed by atoms with van der Waals surface area (Å²) in [4.78, 5) is 0. The first-order valence-electron chi connectivity index (χ1n) is 14.2. The first-order valence-corrected chi connectivity index (χ1v) is 18.6. The lowest BCUT2D eigenvalue weighted by molar-refractivity contribution is -0.0501. The SMILES string of the molecule is CC[N+]1=c2cc3c(cc2C(C)CC1(C)C)=C(c1ccc(C)cc1C)c1cc(F)c(OS(=O)(=O)C(F)(F)F)c(F)c1[Si]3(C)C. The Morgan fingerprint density at radius 2 is 1.70 bits per heavy atom. The maximum Gasteiger partial charge on any atom is 0.534 e. The summed E-state index contributed by atoms with van der Waals surface area (Å²) in [6, 6.07) is 10.9. The van der Waals surface area contributed by atoms with Gasteiger partial charge in [-0.2, -0.15) is 21.6 Å². The Kier molecular flexibility index (Phi) is 7.28. The third-order valence-corrected chi connectivity index (χ3v) is 13.4. The first-order chi connectivity index (χ1) is 19.7. The first kappa shape index (κ1) is 31.4. The second-order valence-corrected chi connectivity index (χ2v) is 18.7. The van der Waals surface area contributed by atoms with Gasteiger partial charge in [0.05, 0.1) is 0 Å². The average molecular weight is 637 g/mol. The molecule has 0 spiro atoms. The molecule has 0 radical (unpaired) electrons. The number of aryl methyl sites for hydroxylation is 2. The lowest BCUT2D eigenvalue weighted by Crippen LogP contribution is -2.66. The van der Waals surface area contributed by atoms with Gasteiger partial charge < -0.3 is 4.18 Å². The van der Waals surface area contributed by atoms with Crippen LogP contribution in [-0.4, -0.2) is 34.1 Å². The largest absolute Gasteiger partial charge is 0.534 e. The minimum atomic E-state index is -6.32. The number of hydrogen-bond acceptors (Lipinski definition) is 3. The highest BCUT2D eigenvalue weighted by Crippen LogP contribution is 2.36. The fraction of sp³-hybridized carbons (Fsp3) is 0.406. The molecule has 2 heterocycles. The van der Waals surface area contributed by atoms with Gasteiger partial charge >= 0.3 is 15.6 Å². The van der Waals surface area contributed by atoms with Crippen LogP contribution in [0.3, 0.4) is 0 Å². The van der Waals surface area contributed by atoms with E-state index in [4.69, 9.17) is 0 Å². The molecule has 0 N–H and O–H groups in total. The van der Waals surface area contributed by atoms with Gasteiger partial charge in [-0.25, -0.2) is 13.4 Å². The van der Waals surface area contributed by atoms with Crippen molar-refractivity contribution in [1.82, 2.24) is 4.58 Å². The molecule has 4 nitrogen and oxygen atoms in total. The van der Waals surface area contributed by atoms with Crippen LogP contribution in [0.4, 0.5) is 22.0 Å². The Hall–Kier alpha value is -3.05. The van der Waals surface area contributed by atoms with E-state index >= 15 is 8.78 Å². The summed E-state index contributed by atoms with van der Waals surface area (Å²) >= 11 is 0. The standard InChI is InChI=1S/C32H35F5NO3SSi/c1-9-38-25-15-26-22(13-21(25)19(4)16-31(38,5)6)27(20-11-10-17(2)12-18(20)3)23-14-24(33)29(28(34)30(23)43(26,7)8)41-42(39,40)32(35,36)37/h10-15,19H,9,16H2,1-8H3/q+1. The maximum absolute atomic E-state index is 16.5. The Balaban J connectivity index is 1.99. The number of alkyl halides is 3. The van der Waals surface area contributed by atoms with Crippen LogP contribution in [-0.2, 0) is 10.1 Å². The average Bonchev–Trinajstić information content (AvgIpc) is 2.86. The second-order valence-electron chi connectivity index (χ2n) is 12.8. The zero-order valence-corrected chi connectivity index (χ0v) is 27.2. The van der Waals surface area contributed by atoms with E-state index in [1.807, 2.05) is 45.1 Å². The van der Waals surface area contributed by atoms with E-state index in [1.165, 1.54) is 0 Å². The molecule has 43 heavy (non-hydrogen) atoms. The molecule has 5 rings (SSSR count). The Morgan fingerprint density at radius 1 is 1.05 bits per heavy atom. The van der Waals surface area contributed by atoms with Gasteiger partial charge in [0.15, 0.2) is 17.2 Å². The molecule has 0 saturated carbocycles. The van der Waals surface area contributed by atoms with Gasteiger partial charge in [-0.3, -0.25) is 0 Å². The third kappa shape index (κ3) is 4.83. The molecular weight excluding hydrogens is 601 g/mol. The van der Waals surface area contributed by atoms with Crippen molar-refractivity contribution in [2.24, 2.45) is 0 Å². The van der Waals surface area contributed by atoms with Gasteiger partial charge in [0.2, 0.25) is 11.1 Å². The van der Waals surface area contributed by atoms with Gasteiger partial charge in [0.25, 0.3) is 0 Å². The molecule has 1 unspecified atom stereocenters. The molecule has 0 amide bonds. The number of hydrogen-bond donors (Lipinski definition) is 0. The number of rotatable bonds is 4. The van der Waals surface area contributed by atoms with E-state index in [-0.39, 0.29) is 22.2 Å². The summed E-state index contributed by atoms with van der Waals surface area (Å²) in [5.41, 5.74) is -1.57. The number of halogens is 5. The van der Waals surface area contributed by atoms with E-state index in [1.54, 1.807) is 0 Å². The number of benzene rings is 3. The van der Waals surface area contributed by atoms with Gasteiger partial charge in [0.1, 0.15) is 14.6 Å². The molecule has 0 aliphatic carbocycles. The van der Waals surface area contributed by atoms with Crippen LogP contribution in [0.5, 0.6) is 5.75 Å². The Bertz CT molecular complexity index is 1930. The van der Waals surface area contributed by atoms with Crippen molar-refractivity contribution in [3.63, 3.8) is 0 Å². The minimum absolute atomic E-state index is 0.00475. The van der Waals surface area contributed by atoms with Crippen LogP contribution in [0.25, 0.3) is 5.57 Å². The third-order valence-electron chi connectivity index (χ3n) is 8.98. The van der Waals surface area contributed by atoms with E-state index < -0.39 is 41.1 Å². The molecule has 0 fully saturated rings. The number of fused-ring (bicyclic) bond motifs is 3. The van der Waals surface area contributed by atoms with Gasteiger partial charge in [0, 0.05) is 18.1 Å². The molecule has 1 atom stereocenters. The molecule has 3 aromatic rings. The fourth-order valence-electron chi connectivity index (χ4n) is 7.16. The Labute approximate surface area is 249 Å². The summed E-state index contributed by atoms with van der Waals surface area (Å²) in [6.45, 7) is 16.8. The molecule has 2 aliphatic heterocycles. The molecule has 0 aromatic heterocycles. The van der Waals surface area contributed by atoms with Gasteiger partial charge in [-0.1, -0.05) is 43.8 Å². The lowest BCUT2D eigenvalue weighted by Gasteiger charge is -2.36. The van der Waals surface area contributed by atoms with E-state index in [0.29, 0.717) is 5.57 Å². The van der Waals surface area contributed by atoms with Crippen molar-refractivity contribution < 1.29 is 34.6 Å². The zero-order chi connectivity index (χ0) is 32.0. The normalized spacial score (nSPS) is 19.0. The van der Waals surface area contributed by atoms with Crippen LogP contribution in [0.1, 0.15) is 67.9 Å². The summed E-state index contributed by atoms with van der Waals surface area (Å²) in [5, 5.41) is 2.66. The topological polar surface area (TPSA) is 46.4 Å². The van der Waals surface area contributed by atoms with Crippen molar-refractivity contribution in [3.05, 3.63) is 86.4 Å². The second kappa shape index (κ2) is 9.98. The molecule has 0 bridgehead atoms. The summed E-state index contributed by atoms with van der Waals surface area (Å²) in [7, 11) is -9.49. The van der Waals surface area contributed by atoms with Crippen LogP contribution in [0, 0.1) is 25.5 Å². The quantitative estimate of drug-likeness (QED) is 0.133. The molecule has 230 valence electrons. The highest BCUT2D eigenvalue weighted by Gasteiger charge is 2.50. The summed E-state index contributed by atoms with van der Waals surface area (Å²) < 4.78 is 102. The Morgan fingerprint density at radius 3 is 2.28 bits per heavy atom. The predicted octanol–water partition coefficient (Wildman–Crippen LogP) is 4.99. The smallest absolute Gasteiger partial charge is 0.370 e. The lowest BCUT2D eigenvalue weighted by atomic mass is 9.82. The predicted molar refractivity (Wildman–Crippen MR) is 161 cm³/mol. The molecule has 2 aliphatic rings. The highest BCUT2D eigenvalue weighted by atomic mass is 32.2. The van der Waals surface area contributed by atoms with Crippen molar-refractivity contribution >= 4 is 34.1 Å². The van der Waals surface area contributed by atoms with E-state index in [9.17, 15) is 21.6 Å². The summed E-state index contributed by atoms with van der Waals surface area (Å²) in [6.07, 6.45) is 0.903. The fourth-order valence-corrected chi connectivity index (χ4v) is 10.8. The van der Waals surface area contributed by atoms with E-state index in [0.717, 1.165) is 57.0 Å². The molecule has 0 saturated heterocycles. The van der Waals surface area contributed by atoms with Crippen LogP contribution in [0.15, 0.2) is 36.4 Å². The van der Waals surface area contributed by atoms with Crippen molar-refractivity contribution in [3.8, 4) is 5.75 Å². The molecule has 11 heteroatoms.